The van der Waals surface area contributed by atoms with Crippen molar-refractivity contribution in [1.29, 1.82) is 5.26 Å². The Hall–Kier alpha value is -6.86. The fourth-order valence-corrected chi connectivity index (χ4v) is 8.37. The molecule has 0 spiro atoms. The third-order valence-corrected chi connectivity index (χ3v) is 12.1. The van der Waals surface area contributed by atoms with Gasteiger partial charge in [0, 0.05) is 80.1 Å². The lowest BCUT2D eigenvalue weighted by Gasteiger charge is -2.28. The molecule has 67 heavy (non-hydrogen) atoms. The number of carbonyl (C=O) groups is 6. The second kappa shape index (κ2) is 22.1. The maximum atomic E-state index is 13.5. The molecule has 2 aliphatic heterocycles. The lowest BCUT2D eigenvalue weighted by molar-refractivity contribution is -0.136. The molecule has 4 aliphatic rings. The van der Waals surface area contributed by atoms with Crippen molar-refractivity contribution in [2.75, 3.05) is 76.5 Å². The van der Waals surface area contributed by atoms with Gasteiger partial charge in [0.1, 0.15) is 12.1 Å². The topological polar surface area (TPSA) is 273 Å². The summed E-state index contributed by atoms with van der Waals surface area (Å²) in [6, 6.07) is 9.73. The van der Waals surface area contributed by atoms with Gasteiger partial charge in [-0.2, -0.15) is 15.0 Å². The average molecular weight is 919 g/mol. The number of pyridine rings is 2. The molecule has 1 aromatic carbocycles. The molecule has 6 N–H and O–H groups in total. The van der Waals surface area contributed by atoms with E-state index in [1.807, 2.05) is 0 Å². The summed E-state index contributed by atoms with van der Waals surface area (Å²) in [5.74, 6) is -2.04. The molecular weight excluding hydrogens is 865 g/mol. The molecule has 0 bridgehead atoms. The van der Waals surface area contributed by atoms with Crippen LogP contribution >= 0.6 is 0 Å². The number of imide groups is 2. The summed E-state index contributed by atoms with van der Waals surface area (Å²) in [4.78, 5) is 86.5. The van der Waals surface area contributed by atoms with E-state index in [1.165, 1.54) is 6.20 Å². The van der Waals surface area contributed by atoms with Crippen LogP contribution in [0.3, 0.4) is 0 Å². The van der Waals surface area contributed by atoms with E-state index in [9.17, 15) is 34.0 Å². The number of rotatable bonds is 23. The molecule has 1 unspecified atom stereocenters. The first-order valence-electron chi connectivity index (χ1n) is 22.8. The van der Waals surface area contributed by atoms with Gasteiger partial charge in [-0.25, -0.2) is 9.97 Å². The number of anilines is 2. The van der Waals surface area contributed by atoms with Gasteiger partial charge in [0.05, 0.1) is 73.8 Å². The van der Waals surface area contributed by atoms with Gasteiger partial charge in [-0.15, -0.1) is 0 Å². The van der Waals surface area contributed by atoms with Crippen LogP contribution in [0.2, 0.25) is 0 Å². The number of nitrogens with one attached hydrogen (secondary N) is 6. The number of benzene rings is 1. The summed E-state index contributed by atoms with van der Waals surface area (Å²) in [5, 5.41) is 32.6. The highest BCUT2D eigenvalue weighted by Crippen LogP contribution is 2.33. The summed E-state index contributed by atoms with van der Waals surface area (Å²) < 4.78 is 18.5. The van der Waals surface area contributed by atoms with Crippen LogP contribution in [0, 0.1) is 17.2 Å². The third kappa shape index (κ3) is 11.6. The van der Waals surface area contributed by atoms with Crippen LogP contribution in [0.15, 0.2) is 48.9 Å². The fraction of sp³-hybridized carbons (Fsp3) is 0.478. The second-order valence-electron chi connectivity index (χ2n) is 16.8. The summed E-state index contributed by atoms with van der Waals surface area (Å²) >= 11 is 0. The molecule has 3 aromatic heterocycles. The van der Waals surface area contributed by atoms with Crippen LogP contribution in [0.25, 0.3) is 16.9 Å². The predicted octanol–water partition coefficient (Wildman–Crippen LogP) is 1.82. The summed E-state index contributed by atoms with van der Waals surface area (Å²) in [6.45, 7) is 4.49. The van der Waals surface area contributed by atoms with Crippen molar-refractivity contribution in [3.63, 3.8) is 0 Å². The van der Waals surface area contributed by atoms with Gasteiger partial charge < -0.3 is 40.8 Å². The number of ether oxygens (including phenoxy) is 3. The van der Waals surface area contributed by atoms with E-state index in [-0.39, 0.29) is 47.7 Å². The molecule has 5 heterocycles. The molecule has 4 aromatic rings. The zero-order valence-electron chi connectivity index (χ0n) is 37.0. The number of hydrogen-bond donors (Lipinski definition) is 6. The van der Waals surface area contributed by atoms with E-state index in [0.29, 0.717) is 137 Å². The first-order chi connectivity index (χ1) is 32.7. The molecule has 0 radical (unpaired) electrons. The Bertz CT molecular complexity index is 2530. The number of nitrogens with zero attached hydrogens (tertiary/aromatic N) is 6. The first-order valence-corrected chi connectivity index (χ1v) is 22.8. The highest BCUT2D eigenvalue weighted by molar-refractivity contribution is 6.25. The zero-order chi connectivity index (χ0) is 46.7. The largest absolute Gasteiger partial charge is 0.382 e. The van der Waals surface area contributed by atoms with E-state index in [1.54, 1.807) is 47.4 Å². The van der Waals surface area contributed by atoms with Crippen molar-refractivity contribution >= 4 is 57.9 Å². The quantitative estimate of drug-likeness (QED) is 0.0458. The zero-order valence-corrected chi connectivity index (χ0v) is 37.0. The van der Waals surface area contributed by atoms with Crippen molar-refractivity contribution in [2.24, 2.45) is 5.92 Å². The summed E-state index contributed by atoms with van der Waals surface area (Å²) in [6.07, 6.45) is 9.60. The number of nitriles is 1. The number of carbonyl (C=O) groups excluding carboxylic acids is 6. The molecule has 1 atom stereocenters. The molecule has 21 heteroatoms. The van der Waals surface area contributed by atoms with Gasteiger partial charge in [0.25, 0.3) is 17.7 Å². The van der Waals surface area contributed by atoms with Gasteiger partial charge in [-0.05, 0) is 63.1 Å². The minimum absolute atomic E-state index is 0.00212. The molecule has 8 rings (SSSR count). The standard InChI is InChI=1S/C46H54N12O9/c47-24-28-22-30-26-53-58(41(30)52-25-28)38-23-36(54-31-8-9-31)34(27-51-38)43(61)55-32-6-4-29(5-7-32)42(60)50-15-19-65-16-12-48-13-17-66-20-21-67-18-14-49-35-3-1-2-33-40(35)46(64)57(45(33)63)37-10-11-39(59)56-44(37)62/h1-3,22-23,25-27,29,31-32,37,48-49H,4-21H2,(H,50,60)(H,51,54)(H,55,61)(H,56,59,62). The number of amides is 6. The van der Waals surface area contributed by atoms with Gasteiger partial charge >= 0.3 is 0 Å². The van der Waals surface area contributed by atoms with Crippen LogP contribution in [-0.4, -0.2) is 144 Å². The van der Waals surface area contributed by atoms with Crippen LogP contribution in [0.1, 0.15) is 88.0 Å². The van der Waals surface area contributed by atoms with Crippen LogP contribution in [0.5, 0.6) is 0 Å². The van der Waals surface area contributed by atoms with Crippen LogP contribution in [-0.2, 0) is 28.6 Å². The number of hydrogen-bond acceptors (Lipinski definition) is 16. The van der Waals surface area contributed by atoms with Crippen molar-refractivity contribution in [3.8, 4) is 11.9 Å². The minimum atomic E-state index is -1.02. The maximum absolute atomic E-state index is 13.5. The van der Waals surface area contributed by atoms with E-state index in [2.05, 4.69) is 53.0 Å². The van der Waals surface area contributed by atoms with E-state index in [4.69, 9.17) is 14.2 Å². The van der Waals surface area contributed by atoms with Crippen LogP contribution in [0.4, 0.5) is 11.4 Å². The molecule has 2 aliphatic carbocycles. The van der Waals surface area contributed by atoms with E-state index in [0.717, 1.165) is 17.7 Å². The number of piperidine rings is 1. The normalized spacial score (nSPS) is 19.2. The Kier molecular flexibility index (Phi) is 15.4. The lowest BCUT2D eigenvalue weighted by atomic mass is 9.85. The lowest BCUT2D eigenvalue weighted by Crippen LogP contribution is -2.54. The Morgan fingerprint density at radius 3 is 2.27 bits per heavy atom. The van der Waals surface area contributed by atoms with Crippen molar-refractivity contribution in [2.45, 2.75) is 69.5 Å². The second-order valence-corrected chi connectivity index (χ2v) is 16.8. The van der Waals surface area contributed by atoms with Crippen LogP contribution < -0.4 is 31.9 Å². The summed E-state index contributed by atoms with van der Waals surface area (Å²) in [5.41, 5.74) is 3.00. The SMILES string of the molecule is N#Cc1cnc2c(cnn2-c2cc(NC3CC3)c(C(=O)NC3CCC(C(=O)NCCOCCNCCOCCOCCNc4cccc5c4C(=O)N(C4CCC(=O)NC4=O)C5=O)CC3)cn2)c1. The Morgan fingerprint density at radius 1 is 0.791 bits per heavy atom. The first kappa shape index (κ1) is 46.7. The molecule has 2 saturated carbocycles. The van der Waals surface area contributed by atoms with Crippen molar-refractivity contribution < 1.29 is 43.0 Å². The highest BCUT2D eigenvalue weighted by Gasteiger charge is 2.45. The van der Waals surface area contributed by atoms with Gasteiger partial charge in [-0.3, -0.25) is 39.0 Å². The Labute approximate surface area is 386 Å². The highest BCUT2D eigenvalue weighted by atomic mass is 16.5. The molecule has 352 valence electrons. The molecule has 6 amide bonds. The monoisotopic (exact) mass is 918 g/mol. The maximum Gasteiger partial charge on any atom is 0.264 e. The van der Waals surface area contributed by atoms with Crippen molar-refractivity contribution in [1.82, 2.24) is 45.9 Å². The fourth-order valence-electron chi connectivity index (χ4n) is 8.37. The summed E-state index contributed by atoms with van der Waals surface area (Å²) in [7, 11) is 0. The van der Waals surface area contributed by atoms with Gasteiger partial charge in [0.2, 0.25) is 17.7 Å². The van der Waals surface area contributed by atoms with E-state index >= 15 is 0 Å². The predicted molar refractivity (Wildman–Crippen MR) is 241 cm³/mol. The average Bonchev–Trinajstić information content (AvgIpc) is 3.99. The molecule has 1 saturated heterocycles. The van der Waals surface area contributed by atoms with Gasteiger partial charge in [0.15, 0.2) is 11.5 Å². The number of aromatic nitrogens is 4. The van der Waals surface area contributed by atoms with Gasteiger partial charge in [-0.1, -0.05) is 6.07 Å². The Balaban J connectivity index is 0.637. The van der Waals surface area contributed by atoms with Crippen molar-refractivity contribution in [3.05, 3.63) is 71.2 Å². The Morgan fingerprint density at radius 2 is 1.52 bits per heavy atom. The minimum Gasteiger partial charge on any atom is -0.382 e. The van der Waals surface area contributed by atoms with E-state index < -0.39 is 29.7 Å². The smallest absolute Gasteiger partial charge is 0.264 e. The molecular formula is C46H54N12O9. The molecule has 21 nitrogen and oxygen atoms in total. The molecule has 3 fully saturated rings. The number of fused-ring (bicyclic) bond motifs is 2. The third-order valence-electron chi connectivity index (χ3n) is 12.1.